The number of carbonyl (C=O) groups is 1. The number of carboxylic acid groups (broad SMARTS) is 1. The Hall–Kier alpha value is -1.06. The van der Waals surface area contributed by atoms with E-state index in [0.29, 0.717) is 12.8 Å². The molecule has 4 heteroatoms. The standard InChI is InChI=1S/C6H10N2O2/c7-5(8)2-3-1-4(3)6(9)10/h3-4H,1-2H2,(H3,7,8)(H,9,10)/t3-,4+/m1/s1. The molecule has 0 aliphatic heterocycles. The first-order chi connectivity index (χ1) is 4.61. The van der Waals surface area contributed by atoms with E-state index in [4.69, 9.17) is 16.2 Å². The molecule has 2 atom stereocenters. The highest BCUT2D eigenvalue weighted by atomic mass is 16.4. The summed E-state index contributed by atoms with van der Waals surface area (Å²) in [5.74, 6) is -0.765. The van der Waals surface area contributed by atoms with Crippen LogP contribution in [0, 0.1) is 17.2 Å². The van der Waals surface area contributed by atoms with Crippen LogP contribution in [0.15, 0.2) is 0 Å². The Balaban J connectivity index is 2.26. The van der Waals surface area contributed by atoms with Gasteiger partial charge < -0.3 is 10.8 Å². The molecule has 4 N–H and O–H groups in total. The van der Waals surface area contributed by atoms with Crippen LogP contribution in [0.3, 0.4) is 0 Å². The number of amidine groups is 1. The summed E-state index contributed by atoms with van der Waals surface area (Å²) in [4.78, 5) is 10.2. The molecule has 0 amide bonds. The SMILES string of the molecule is N=C(N)C[C@H]1C[C@@H]1C(=O)O. The number of aliphatic carboxylic acids is 1. The van der Waals surface area contributed by atoms with Crippen LogP contribution in [-0.2, 0) is 4.79 Å². The third-order valence-corrected chi connectivity index (χ3v) is 1.72. The summed E-state index contributed by atoms with van der Waals surface area (Å²) in [6, 6.07) is 0. The third kappa shape index (κ3) is 1.46. The zero-order valence-electron chi connectivity index (χ0n) is 5.50. The van der Waals surface area contributed by atoms with E-state index in [1.165, 1.54) is 0 Å². The van der Waals surface area contributed by atoms with Crippen molar-refractivity contribution in [3.63, 3.8) is 0 Å². The van der Waals surface area contributed by atoms with Crippen LogP contribution >= 0.6 is 0 Å². The van der Waals surface area contributed by atoms with Crippen LogP contribution in [0.1, 0.15) is 12.8 Å². The Morgan fingerprint density at radius 3 is 2.70 bits per heavy atom. The summed E-state index contributed by atoms with van der Waals surface area (Å²) in [5, 5.41) is 15.3. The van der Waals surface area contributed by atoms with Crippen molar-refractivity contribution in [2.45, 2.75) is 12.8 Å². The van der Waals surface area contributed by atoms with Crippen LogP contribution in [-0.4, -0.2) is 16.9 Å². The summed E-state index contributed by atoms with van der Waals surface area (Å²) in [6.45, 7) is 0. The van der Waals surface area contributed by atoms with E-state index in [1.807, 2.05) is 0 Å². The molecule has 0 saturated heterocycles. The van der Waals surface area contributed by atoms with Crippen LogP contribution < -0.4 is 5.73 Å². The smallest absolute Gasteiger partial charge is 0.306 e. The van der Waals surface area contributed by atoms with Gasteiger partial charge in [0.25, 0.3) is 0 Å². The van der Waals surface area contributed by atoms with E-state index in [0.717, 1.165) is 0 Å². The van der Waals surface area contributed by atoms with Gasteiger partial charge in [-0.15, -0.1) is 0 Å². The first kappa shape index (κ1) is 7.05. The minimum atomic E-state index is -0.758. The van der Waals surface area contributed by atoms with Gasteiger partial charge in [0.1, 0.15) is 0 Å². The van der Waals surface area contributed by atoms with Crippen molar-refractivity contribution in [3.8, 4) is 0 Å². The van der Waals surface area contributed by atoms with E-state index in [2.05, 4.69) is 0 Å². The molecular formula is C6H10N2O2. The number of hydrogen-bond acceptors (Lipinski definition) is 2. The van der Waals surface area contributed by atoms with Crippen molar-refractivity contribution in [2.75, 3.05) is 0 Å². The zero-order valence-corrected chi connectivity index (χ0v) is 5.50. The average Bonchev–Trinajstić information content (AvgIpc) is 2.43. The Morgan fingerprint density at radius 1 is 1.80 bits per heavy atom. The van der Waals surface area contributed by atoms with E-state index >= 15 is 0 Å². The molecule has 0 unspecified atom stereocenters. The molecule has 10 heavy (non-hydrogen) atoms. The molecule has 56 valence electrons. The quantitative estimate of drug-likeness (QED) is 0.384. The molecule has 4 nitrogen and oxygen atoms in total. The van der Waals surface area contributed by atoms with Crippen molar-refractivity contribution in [3.05, 3.63) is 0 Å². The minimum absolute atomic E-state index is 0.0914. The van der Waals surface area contributed by atoms with E-state index in [-0.39, 0.29) is 17.7 Å². The Labute approximate surface area is 58.5 Å². The summed E-state index contributed by atoms with van der Waals surface area (Å²) in [6.07, 6.45) is 1.13. The first-order valence-corrected chi connectivity index (χ1v) is 3.17. The molecule has 1 saturated carbocycles. The van der Waals surface area contributed by atoms with Crippen LogP contribution in [0.5, 0.6) is 0 Å². The number of nitrogens with two attached hydrogens (primary N) is 1. The number of rotatable bonds is 3. The molecule has 0 aromatic heterocycles. The van der Waals surface area contributed by atoms with Crippen molar-refractivity contribution in [2.24, 2.45) is 17.6 Å². The lowest BCUT2D eigenvalue weighted by Gasteiger charge is -1.92. The van der Waals surface area contributed by atoms with Gasteiger partial charge in [0.05, 0.1) is 11.8 Å². The summed E-state index contributed by atoms with van der Waals surface area (Å²) in [5.41, 5.74) is 5.09. The maximum Gasteiger partial charge on any atom is 0.306 e. The van der Waals surface area contributed by atoms with Crippen LogP contribution in [0.25, 0.3) is 0 Å². The molecule has 0 radical (unpaired) electrons. The third-order valence-electron chi connectivity index (χ3n) is 1.72. The molecule has 0 bridgehead atoms. The lowest BCUT2D eigenvalue weighted by Crippen LogP contribution is -2.11. The lowest BCUT2D eigenvalue weighted by atomic mass is 10.2. The van der Waals surface area contributed by atoms with E-state index in [9.17, 15) is 4.79 Å². The van der Waals surface area contributed by atoms with Gasteiger partial charge in [0.15, 0.2) is 0 Å². The molecular weight excluding hydrogens is 132 g/mol. The van der Waals surface area contributed by atoms with Crippen LogP contribution in [0.4, 0.5) is 0 Å². The fourth-order valence-corrected chi connectivity index (χ4v) is 1.06. The van der Waals surface area contributed by atoms with E-state index < -0.39 is 5.97 Å². The molecule has 0 aromatic rings. The Morgan fingerprint density at radius 2 is 2.40 bits per heavy atom. The van der Waals surface area contributed by atoms with Crippen molar-refractivity contribution < 1.29 is 9.90 Å². The summed E-state index contributed by atoms with van der Waals surface area (Å²) >= 11 is 0. The van der Waals surface area contributed by atoms with Gasteiger partial charge in [-0.25, -0.2) is 0 Å². The molecule has 1 fully saturated rings. The topological polar surface area (TPSA) is 87.2 Å². The van der Waals surface area contributed by atoms with Gasteiger partial charge in [-0.2, -0.15) is 0 Å². The molecule has 0 spiro atoms. The molecule has 0 aromatic carbocycles. The number of carboxylic acids is 1. The maximum absolute atomic E-state index is 10.2. The van der Waals surface area contributed by atoms with Crippen molar-refractivity contribution in [1.29, 1.82) is 5.41 Å². The van der Waals surface area contributed by atoms with Crippen LogP contribution in [0.2, 0.25) is 0 Å². The lowest BCUT2D eigenvalue weighted by molar-refractivity contribution is -0.138. The maximum atomic E-state index is 10.2. The average molecular weight is 142 g/mol. The predicted octanol–water partition coefficient (Wildman–Crippen LogP) is 0.0332. The van der Waals surface area contributed by atoms with Crippen molar-refractivity contribution in [1.82, 2.24) is 0 Å². The zero-order chi connectivity index (χ0) is 7.72. The van der Waals surface area contributed by atoms with Crippen molar-refractivity contribution >= 4 is 11.8 Å². The monoisotopic (exact) mass is 142 g/mol. The second-order valence-corrected chi connectivity index (χ2v) is 2.67. The molecule has 1 aliphatic rings. The van der Waals surface area contributed by atoms with Gasteiger partial charge >= 0.3 is 5.97 Å². The largest absolute Gasteiger partial charge is 0.481 e. The van der Waals surface area contributed by atoms with E-state index in [1.54, 1.807) is 0 Å². The fourth-order valence-electron chi connectivity index (χ4n) is 1.06. The van der Waals surface area contributed by atoms with Gasteiger partial charge in [-0.05, 0) is 12.3 Å². The fraction of sp³-hybridized carbons (Fsp3) is 0.667. The highest BCUT2D eigenvalue weighted by molar-refractivity contribution is 5.80. The highest BCUT2D eigenvalue weighted by Crippen LogP contribution is 2.40. The Kier molecular flexibility index (Phi) is 1.61. The normalized spacial score (nSPS) is 29.6. The Bertz CT molecular complexity index is 179. The predicted molar refractivity (Wildman–Crippen MR) is 35.8 cm³/mol. The minimum Gasteiger partial charge on any atom is -0.481 e. The summed E-state index contributed by atoms with van der Waals surface area (Å²) < 4.78 is 0. The number of nitrogens with one attached hydrogen (secondary N) is 1. The molecule has 0 heterocycles. The molecule has 1 aliphatic carbocycles. The highest BCUT2D eigenvalue weighted by Gasteiger charge is 2.43. The molecule has 1 rings (SSSR count). The first-order valence-electron chi connectivity index (χ1n) is 3.17. The number of hydrogen-bond donors (Lipinski definition) is 3. The second-order valence-electron chi connectivity index (χ2n) is 2.67. The van der Waals surface area contributed by atoms with Gasteiger partial charge in [0, 0.05) is 6.42 Å². The summed E-state index contributed by atoms with van der Waals surface area (Å²) in [7, 11) is 0. The van der Waals surface area contributed by atoms with Gasteiger partial charge in [0.2, 0.25) is 0 Å². The van der Waals surface area contributed by atoms with Gasteiger partial charge in [-0.3, -0.25) is 10.2 Å². The van der Waals surface area contributed by atoms with Gasteiger partial charge in [-0.1, -0.05) is 0 Å². The second kappa shape index (κ2) is 2.28.